The number of carbonyl (C=O) groups is 2. The zero-order valence-electron chi connectivity index (χ0n) is 14.8. The maximum absolute atomic E-state index is 12.4. The van der Waals surface area contributed by atoms with Crippen LogP contribution in [0.4, 0.5) is 5.69 Å². The van der Waals surface area contributed by atoms with Crippen LogP contribution in [-0.4, -0.2) is 52.8 Å². The van der Waals surface area contributed by atoms with Crippen LogP contribution in [0.3, 0.4) is 0 Å². The zero-order chi connectivity index (χ0) is 18.4. The second-order valence-corrected chi connectivity index (χ2v) is 5.72. The number of ether oxygens (including phenoxy) is 3. The molecule has 1 aliphatic rings. The van der Waals surface area contributed by atoms with E-state index in [1.54, 1.807) is 17.0 Å². The molecule has 1 aliphatic heterocycles. The van der Waals surface area contributed by atoms with Gasteiger partial charge >= 0.3 is 0 Å². The molecule has 1 saturated heterocycles. The van der Waals surface area contributed by atoms with Crippen LogP contribution in [0.25, 0.3) is 0 Å². The van der Waals surface area contributed by atoms with Crippen LogP contribution in [0.1, 0.15) is 12.8 Å². The van der Waals surface area contributed by atoms with Gasteiger partial charge in [-0.15, -0.1) is 0 Å². The van der Waals surface area contributed by atoms with Crippen LogP contribution >= 0.6 is 0 Å². The summed E-state index contributed by atoms with van der Waals surface area (Å²) in [5.74, 6) is 0.742. The SMILES string of the molecule is COc1cc(N2CC(C(=O)NCCCN)CC2=O)cc(OC)c1OC. The Morgan fingerprint density at radius 2 is 1.88 bits per heavy atom. The van der Waals surface area contributed by atoms with Crippen LogP contribution < -0.4 is 30.2 Å². The first-order valence-electron chi connectivity index (χ1n) is 8.13. The molecule has 138 valence electrons. The standard InChI is InChI=1S/C17H25N3O5/c1-23-13-8-12(9-14(24-2)16(13)25-3)20-10-11(7-15(20)21)17(22)19-6-4-5-18/h8-9,11H,4-7,10,18H2,1-3H3,(H,19,22). The van der Waals surface area contributed by atoms with E-state index in [-0.39, 0.29) is 24.2 Å². The lowest BCUT2D eigenvalue weighted by Crippen LogP contribution is -2.34. The number of hydrogen-bond donors (Lipinski definition) is 2. The van der Waals surface area contributed by atoms with E-state index in [1.165, 1.54) is 21.3 Å². The predicted molar refractivity (Wildman–Crippen MR) is 93.2 cm³/mol. The van der Waals surface area contributed by atoms with Crippen LogP contribution in [0.2, 0.25) is 0 Å². The van der Waals surface area contributed by atoms with Crippen molar-refractivity contribution in [1.82, 2.24) is 5.32 Å². The number of methoxy groups -OCH3 is 3. The largest absolute Gasteiger partial charge is 0.493 e. The highest BCUT2D eigenvalue weighted by Gasteiger charge is 2.35. The predicted octanol–water partition coefficient (Wildman–Crippen LogP) is 0.530. The minimum Gasteiger partial charge on any atom is -0.493 e. The Balaban J connectivity index is 2.18. The molecule has 2 amide bonds. The molecule has 2 rings (SSSR count). The lowest BCUT2D eigenvalue weighted by atomic mass is 10.1. The zero-order valence-corrected chi connectivity index (χ0v) is 14.8. The third kappa shape index (κ3) is 4.14. The summed E-state index contributed by atoms with van der Waals surface area (Å²) in [5, 5.41) is 2.81. The number of nitrogens with two attached hydrogens (primary N) is 1. The van der Waals surface area contributed by atoms with Gasteiger partial charge in [0.1, 0.15) is 0 Å². The van der Waals surface area contributed by atoms with Gasteiger partial charge < -0.3 is 30.2 Å². The van der Waals surface area contributed by atoms with Gasteiger partial charge in [-0.3, -0.25) is 9.59 Å². The Bertz CT molecular complexity index is 610. The highest BCUT2D eigenvalue weighted by molar-refractivity contribution is 6.00. The van der Waals surface area contributed by atoms with Crippen molar-refractivity contribution >= 4 is 17.5 Å². The number of carbonyl (C=O) groups excluding carboxylic acids is 2. The molecule has 0 aromatic heterocycles. The molecule has 25 heavy (non-hydrogen) atoms. The summed E-state index contributed by atoms with van der Waals surface area (Å²) in [5.41, 5.74) is 6.03. The molecule has 8 nitrogen and oxygen atoms in total. The van der Waals surface area contributed by atoms with Gasteiger partial charge in [0, 0.05) is 31.6 Å². The Morgan fingerprint density at radius 3 is 2.40 bits per heavy atom. The number of hydrogen-bond acceptors (Lipinski definition) is 6. The number of amides is 2. The normalized spacial score (nSPS) is 16.7. The van der Waals surface area contributed by atoms with E-state index in [0.29, 0.717) is 49.0 Å². The van der Waals surface area contributed by atoms with Crippen molar-refractivity contribution in [1.29, 1.82) is 0 Å². The van der Waals surface area contributed by atoms with Crippen molar-refractivity contribution in [3.05, 3.63) is 12.1 Å². The third-order valence-corrected chi connectivity index (χ3v) is 4.14. The highest BCUT2D eigenvalue weighted by atomic mass is 16.5. The first-order valence-corrected chi connectivity index (χ1v) is 8.13. The lowest BCUT2D eigenvalue weighted by Gasteiger charge is -2.20. The van der Waals surface area contributed by atoms with E-state index in [0.717, 1.165) is 0 Å². The molecule has 0 bridgehead atoms. The maximum atomic E-state index is 12.4. The molecule has 1 atom stereocenters. The molecular weight excluding hydrogens is 326 g/mol. The van der Waals surface area contributed by atoms with Gasteiger partial charge in [0.2, 0.25) is 17.6 Å². The van der Waals surface area contributed by atoms with E-state index in [9.17, 15) is 9.59 Å². The molecule has 0 saturated carbocycles. The van der Waals surface area contributed by atoms with Crippen molar-refractivity contribution in [3.63, 3.8) is 0 Å². The number of nitrogens with zero attached hydrogens (tertiary/aromatic N) is 1. The number of anilines is 1. The molecule has 1 aromatic carbocycles. The first-order chi connectivity index (χ1) is 12.0. The lowest BCUT2D eigenvalue weighted by molar-refractivity contribution is -0.126. The van der Waals surface area contributed by atoms with E-state index in [1.807, 2.05) is 0 Å². The Morgan fingerprint density at radius 1 is 1.24 bits per heavy atom. The average Bonchev–Trinajstić information content (AvgIpc) is 3.02. The van der Waals surface area contributed by atoms with Gasteiger partial charge in [-0.25, -0.2) is 0 Å². The highest BCUT2D eigenvalue weighted by Crippen LogP contribution is 2.42. The van der Waals surface area contributed by atoms with E-state index >= 15 is 0 Å². The fraction of sp³-hybridized carbons (Fsp3) is 0.529. The van der Waals surface area contributed by atoms with E-state index in [4.69, 9.17) is 19.9 Å². The molecule has 3 N–H and O–H groups in total. The van der Waals surface area contributed by atoms with Gasteiger partial charge in [0.25, 0.3) is 0 Å². The fourth-order valence-electron chi connectivity index (χ4n) is 2.81. The molecule has 0 spiro atoms. The number of benzene rings is 1. The number of rotatable bonds is 8. The Kier molecular flexibility index (Phi) is 6.46. The molecule has 1 aromatic rings. The van der Waals surface area contributed by atoms with Gasteiger partial charge in [-0.1, -0.05) is 0 Å². The fourth-order valence-corrected chi connectivity index (χ4v) is 2.81. The minimum absolute atomic E-state index is 0.117. The number of nitrogens with one attached hydrogen (secondary N) is 1. The summed E-state index contributed by atoms with van der Waals surface area (Å²) in [6, 6.07) is 3.40. The maximum Gasteiger partial charge on any atom is 0.227 e. The third-order valence-electron chi connectivity index (χ3n) is 4.14. The van der Waals surface area contributed by atoms with Gasteiger partial charge in [0.15, 0.2) is 11.5 Å². The average molecular weight is 351 g/mol. The summed E-state index contributed by atoms with van der Waals surface area (Å²) in [7, 11) is 4.55. The molecular formula is C17H25N3O5. The van der Waals surface area contributed by atoms with Gasteiger partial charge in [0.05, 0.1) is 32.9 Å². The Labute approximate surface area is 147 Å². The van der Waals surface area contributed by atoms with Crippen molar-refractivity contribution in [2.45, 2.75) is 12.8 Å². The van der Waals surface area contributed by atoms with Crippen LogP contribution in [-0.2, 0) is 9.59 Å². The summed E-state index contributed by atoms with van der Waals surface area (Å²) >= 11 is 0. The summed E-state index contributed by atoms with van der Waals surface area (Å²) in [4.78, 5) is 26.1. The second-order valence-electron chi connectivity index (χ2n) is 5.72. The van der Waals surface area contributed by atoms with Crippen LogP contribution in [0, 0.1) is 5.92 Å². The van der Waals surface area contributed by atoms with Gasteiger partial charge in [-0.05, 0) is 13.0 Å². The summed E-state index contributed by atoms with van der Waals surface area (Å²) in [6.45, 7) is 1.34. The Hall–Kier alpha value is -2.48. The van der Waals surface area contributed by atoms with Crippen LogP contribution in [0.15, 0.2) is 12.1 Å². The summed E-state index contributed by atoms with van der Waals surface area (Å²) in [6.07, 6.45) is 0.883. The van der Waals surface area contributed by atoms with Crippen LogP contribution in [0.5, 0.6) is 17.2 Å². The molecule has 0 radical (unpaired) electrons. The second kappa shape index (κ2) is 8.57. The minimum atomic E-state index is -0.385. The molecule has 1 fully saturated rings. The molecule has 0 aliphatic carbocycles. The quantitative estimate of drug-likeness (QED) is 0.662. The van der Waals surface area contributed by atoms with E-state index in [2.05, 4.69) is 5.32 Å². The molecule has 8 heteroatoms. The smallest absolute Gasteiger partial charge is 0.227 e. The topological polar surface area (TPSA) is 103 Å². The van der Waals surface area contributed by atoms with Crippen molar-refractivity contribution in [2.24, 2.45) is 11.7 Å². The van der Waals surface area contributed by atoms with E-state index < -0.39 is 0 Å². The van der Waals surface area contributed by atoms with Crippen molar-refractivity contribution < 1.29 is 23.8 Å². The first kappa shape index (κ1) is 18.9. The summed E-state index contributed by atoms with van der Waals surface area (Å²) < 4.78 is 15.9. The van der Waals surface area contributed by atoms with Crippen molar-refractivity contribution in [3.8, 4) is 17.2 Å². The monoisotopic (exact) mass is 351 g/mol. The van der Waals surface area contributed by atoms with Gasteiger partial charge in [-0.2, -0.15) is 0 Å². The molecule has 1 heterocycles. The molecule has 1 unspecified atom stereocenters. The van der Waals surface area contributed by atoms with Crippen molar-refractivity contribution in [2.75, 3.05) is 45.9 Å².